The van der Waals surface area contributed by atoms with Crippen molar-refractivity contribution in [2.45, 2.75) is 73.1 Å². The summed E-state index contributed by atoms with van der Waals surface area (Å²) in [5.74, 6) is 0.385. The van der Waals surface area contributed by atoms with E-state index in [2.05, 4.69) is 80.2 Å². The number of hydrogen-bond acceptors (Lipinski definition) is 1. The minimum absolute atomic E-state index is 0.00740. The van der Waals surface area contributed by atoms with E-state index >= 15 is 0 Å². The molecular formula is C23H35N3O. The van der Waals surface area contributed by atoms with Crippen molar-refractivity contribution >= 4 is 6.03 Å². The van der Waals surface area contributed by atoms with E-state index in [1.54, 1.807) is 0 Å². The van der Waals surface area contributed by atoms with Crippen LogP contribution in [0.5, 0.6) is 0 Å². The van der Waals surface area contributed by atoms with Gasteiger partial charge in [0.1, 0.15) is 0 Å². The molecule has 1 N–H and O–H groups in total. The summed E-state index contributed by atoms with van der Waals surface area (Å²) in [4.78, 5) is 14.9. The average Bonchev–Trinajstić information content (AvgIpc) is 2.97. The zero-order chi connectivity index (χ0) is 20.2. The molecule has 2 aromatic rings. The van der Waals surface area contributed by atoms with Crippen molar-refractivity contribution in [3.05, 3.63) is 59.4 Å². The fourth-order valence-electron chi connectivity index (χ4n) is 3.08. The highest BCUT2D eigenvalue weighted by molar-refractivity contribution is 5.75. The molecule has 0 aliphatic rings. The third-order valence-electron chi connectivity index (χ3n) is 4.89. The van der Waals surface area contributed by atoms with Gasteiger partial charge in [-0.15, -0.1) is 0 Å². The Kier molecular flexibility index (Phi) is 6.74. The van der Waals surface area contributed by atoms with Crippen LogP contribution < -0.4 is 5.32 Å². The van der Waals surface area contributed by atoms with E-state index in [0.29, 0.717) is 12.5 Å². The first kappa shape index (κ1) is 21.1. The molecule has 0 saturated carbocycles. The highest BCUT2D eigenvalue weighted by atomic mass is 16.2. The van der Waals surface area contributed by atoms with Crippen LogP contribution in [0.25, 0.3) is 0 Å². The summed E-state index contributed by atoms with van der Waals surface area (Å²) in [6.45, 7) is 16.0. The van der Waals surface area contributed by atoms with Gasteiger partial charge in [-0.05, 0) is 58.2 Å². The second-order valence-electron chi connectivity index (χ2n) is 8.91. The zero-order valence-corrected chi connectivity index (χ0v) is 17.9. The molecule has 1 aromatic heterocycles. The van der Waals surface area contributed by atoms with Crippen LogP contribution >= 0.6 is 0 Å². The number of carbonyl (C=O) groups is 1. The van der Waals surface area contributed by atoms with Gasteiger partial charge in [0.05, 0.1) is 6.54 Å². The van der Waals surface area contributed by atoms with E-state index in [4.69, 9.17) is 0 Å². The first-order valence-electron chi connectivity index (χ1n) is 9.85. The molecule has 0 bridgehead atoms. The lowest BCUT2D eigenvalue weighted by molar-refractivity contribution is 0.148. The van der Waals surface area contributed by atoms with Crippen molar-refractivity contribution < 1.29 is 4.79 Å². The summed E-state index contributed by atoms with van der Waals surface area (Å²) in [5.41, 5.74) is 3.43. The molecule has 0 fully saturated rings. The number of nitrogens with zero attached hydrogens (tertiary/aromatic N) is 2. The van der Waals surface area contributed by atoms with Gasteiger partial charge in [0.25, 0.3) is 0 Å². The van der Waals surface area contributed by atoms with E-state index in [1.165, 1.54) is 11.1 Å². The Bertz CT molecular complexity index is 755. The van der Waals surface area contributed by atoms with Crippen LogP contribution in [-0.2, 0) is 13.1 Å². The maximum Gasteiger partial charge on any atom is 0.318 e. The maximum atomic E-state index is 13.0. The third-order valence-corrected chi connectivity index (χ3v) is 4.89. The minimum atomic E-state index is -0.254. The monoisotopic (exact) mass is 369 g/mol. The Balaban J connectivity index is 2.22. The molecule has 2 rings (SSSR count). The van der Waals surface area contributed by atoms with Gasteiger partial charge in [0.15, 0.2) is 0 Å². The number of urea groups is 1. The van der Waals surface area contributed by atoms with Gasteiger partial charge >= 0.3 is 6.03 Å². The summed E-state index contributed by atoms with van der Waals surface area (Å²) in [6, 6.07) is 12.9. The van der Waals surface area contributed by atoms with Gasteiger partial charge in [-0.1, -0.05) is 43.7 Å². The van der Waals surface area contributed by atoms with Crippen LogP contribution in [0.15, 0.2) is 42.6 Å². The number of aryl methyl sites for hydroxylation is 1. The maximum absolute atomic E-state index is 13.0. The average molecular weight is 370 g/mol. The Hall–Kier alpha value is -2.23. The van der Waals surface area contributed by atoms with Crippen LogP contribution in [0.2, 0.25) is 0 Å². The molecule has 27 heavy (non-hydrogen) atoms. The topological polar surface area (TPSA) is 37.3 Å². The van der Waals surface area contributed by atoms with E-state index < -0.39 is 0 Å². The van der Waals surface area contributed by atoms with Crippen LogP contribution in [0.4, 0.5) is 4.79 Å². The highest BCUT2D eigenvalue weighted by Crippen LogP contribution is 2.18. The largest absolute Gasteiger partial charge is 0.345 e. The quantitative estimate of drug-likeness (QED) is 0.746. The first-order valence-corrected chi connectivity index (χ1v) is 9.85. The van der Waals surface area contributed by atoms with Crippen LogP contribution in [0.3, 0.4) is 0 Å². The number of nitrogens with one attached hydrogen (secondary N) is 1. The molecule has 0 aliphatic carbocycles. The summed E-state index contributed by atoms with van der Waals surface area (Å²) in [7, 11) is 0. The molecule has 148 valence electrons. The lowest BCUT2D eigenvalue weighted by atomic mass is 10.0. The Labute approximate surface area is 164 Å². The standard InChI is InChI=1S/C23H35N3O/c1-17(2)19(4)26(22(27)24-23(5,6)7)16-21-12-9-13-25(21)15-20-11-8-10-18(3)14-20/h8-14,17,19H,15-16H2,1-7H3,(H,24,27). The van der Waals surface area contributed by atoms with Gasteiger partial charge < -0.3 is 14.8 Å². The SMILES string of the molecule is Cc1cccc(Cn2cccc2CN(C(=O)NC(C)(C)C)C(C)C(C)C)c1. The van der Waals surface area contributed by atoms with Crippen molar-refractivity contribution in [3.8, 4) is 0 Å². The van der Waals surface area contributed by atoms with Crippen LogP contribution in [0.1, 0.15) is 58.4 Å². The normalized spacial score (nSPS) is 12.9. The lowest BCUT2D eigenvalue weighted by Crippen LogP contribution is -2.52. The first-order chi connectivity index (χ1) is 12.6. The van der Waals surface area contributed by atoms with Gasteiger partial charge in [-0.3, -0.25) is 0 Å². The molecule has 2 amide bonds. The summed E-state index contributed by atoms with van der Waals surface area (Å²) in [6.07, 6.45) is 2.09. The number of aromatic nitrogens is 1. The lowest BCUT2D eigenvalue weighted by Gasteiger charge is -2.35. The summed E-state index contributed by atoms with van der Waals surface area (Å²) < 4.78 is 2.24. The van der Waals surface area contributed by atoms with E-state index in [-0.39, 0.29) is 17.6 Å². The predicted octanol–water partition coefficient (Wildman–Crippen LogP) is 5.20. The number of rotatable bonds is 6. The van der Waals surface area contributed by atoms with Gasteiger partial charge in [-0.25, -0.2) is 4.79 Å². The Morgan fingerprint density at radius 2 is 1.85 bits per heavy atom. The van der Waals surface area contributed by atoms with E-state index in [9.17, 15) is 4.79 Å². The predicted molar refractivity (Wildman–Crippen MR) is 113 cm³/mol. The number of amides is 2. The third kappa shape index (κ3) is 6.16. The van der Waals surface area contributed by atoms with Crippen molar-refractivity contribution in [3.63, 3.8) is 0 Å². The van der Waals surface area contributed by atoms with Gasteiger partial charge in [-0.2, -0.15) is 0 Å². The van der Waals surface area contributed by atoms with Crippen LogP contribution in [-0.4, -0.2) is 27.1 Å². The van der Waals surface area contributed by atoms with E-state index in [1.807, 2.05) is 25.7 Å². The number of benzene rings is 1. The molecule has 0 aliphatic heterocycles. The van der Waals surface area contributed by atoms with Crippen molar-refractivity contribution in [1.82, 2.24) is 14.8 Å². The molecule has 1 aromatic carbocycles. The molecule has 0 spiro atoms. The Morgan fingerprint density at radius 3 is 2.44 bits per heavy atom. The molecular weight excluding hydrogens is 334 g/mol. The summed E-state index contributed by atoms with van der Waals surface area (Å²) >= 11 is 0. The van der Waals surface area contributed by atoms with Crippen LogP contribution in [0, 0.1) is 12.8 Å². The molecule has 1 unspecified atom stereocenters. The second-order valence-corrected chi connectivity index (χ2v) is 8.91. The molecule has 0 saturated heterocycles. The molecule has 1 atom stereocenters. The van der Waals surface area contributed by atoms with Gasteiger partial charge in [0, 0.05) is 30.0 Å². The molecule has 4 nitrogen and oxygen atoms in total. The number of carbonyl (C=O) groups excluding carboxylic acids is 1. The van der Waals surface area contributed by atoms with Gasteiger partial charge in [0.2, 0.25) is 0 Å². The van der Waals surface area contributed by atoms with E-state index in [0.717, 1.165) is 12.2 Å². The van der Waals surface area contributed by atoms with Crippen molar-refractivity contribution in [2.75, 3.05) is 0 Å². The molecule has 4 heteroatoms. The smallest absolute Gasteiger partial charge is 0.318 e. The van der Waals surface area contributed by atoms with Crippen molar-refractivity contribution in [2.24, 2.45) is 5.92 Å². The fraction of sp³-hybridized carbons (Fsp3) is 0.522. The van der Waals surface area contributed by atoms with Crippen molar-refractivity contribution in [1.29, 1.82) is 0 Å². The molecule has 0 radical (unpaired) electrons. The molecule has 1 heterocycles. The fourth-order valence-corrected chi connectivity index (χ4v) is 3.08. The second kappa shape index (κ2) is 8.64. The minimum Gasteiger partial charge on any atom is -0.345 e. The highest BCUT2D eigenvalue weighted by Gasteiger charge is 2.26. The summed E-state index contributed by atoms with van der Waals surface area (Å²) in [5, 5.41) is 3.12. The number of hydrogen-bond donors (Lipinski definition) is 1. The Morgan fingerprint density at radius 1 is 1.15 bits per heavy atom. The zero-order valence-electron chi connectivity index (χ0n) is 17.9.